The van der Waals surface area contributed by atoms with Gasteiger partial charge in [-0.2, -0.15) is 0 Å². The molecule has 1 aliphatic rings. The summed E-state index contributed by atoms with van der Waals surface area (Å²) >= 11 is 0.942. The topological polar surface area (TPSA) is 139 Å². The fourth-order valence-corrected chi connectivity index (χ4v) is 3.73. The lowest BCUT2D eigenvalue weighted by atomic mass is 10.2. The highest BCUT2D eigenvalue weighted by Gasteiger charge is 2.56. The van der Waals surface area contributed by atoms with Gasteiger partial charge in [0.2, 0.25) is 10.8 Å². The van der Waals surface area contributed by atoms with Gasteiger partial charge in [0.25, 0.3) is 5.56 Å². The molecule has 0 bridgehead atoms. The van der Waals surface area contributed by atoms with Gasteiger partial charge in [-0.25, -0.2) is 14.8 Å². The van der Waals surface area contributed by atoms with Crippen LogP contribution in [0.5, 0.6) is 0 Å². The number of ether oxygens (including phenoxy) is 2. The van der Waals surface area contributed by atoms with E-state index >= 15 is 0 Å². The maximum Gasteiger partial charge on any atom is 0.345 e. The Bertz CT molecular complexity index is 1010. The third-order valence-corrected chi connectivity index (χ3v) is 5.20. The average molecular weight is 418 g/mol. The van der Waals surface area contributed by atoms with Crippen LogP contribution in [0.25, 0.3) is 0 Å². The van der Waals surface area contributed by atoms with Crippen LogP contribution >= 0.6 is 11.8 Å². The van der Waals surface area contributed by atoms with Gasteiger partial charge in [-0.05, 0) is 30.8 Å². The van der Waals surface area contributed by atoms with E-state index in [1.807, 2.05) is 18.2 Å². The van der Waals surface area contributed by atoms with E-state index in [1.165, 1.54) is 26.2 Å². The maximum absolute atomic E-state index is 12.8. The summed E-state index contributed by atoms with van der Waals surface area (Å²) in [7, 11) is 2.40. The Morgan fingerprint density at radius 2 is 1.93 bits per heavy atom. The highest BCUT2D eigenvalue weighted by atomic mass is 32.2. The van der Waals surface area contributed by atoms with Crippen LogP contribution in [0.15, 0.2) is 40.1 Å². The first-order valence-electron chi connectivity index (χ1n) is 8.38. The standard InChI is InChI=1S/C17H18N6O5S/c1-10-13(25)19-15(21-20-10)23-17(14(26)28-3,9-12(24)27-2)29-16(22-23)18-11-7-5-4-6-8-11/h4-8H,9H2,1-3H3,(H,18,22)(H,19,21,25)/t17-/m1/s1. The zero-order valence-corrected chi connectivity index (χ0v) is 16.6. The highest BCUT2D eigenvalue weighted by molar-refractivity contribution is 8.16. The Labute approximate surface area is 169 Å². The van der Waals surface area contributed by atoms with Gasteiger partial charge in [-0.1, -0.05) is 18.2 Å². The molecule has 1 aromatic carbocycles. The lowest BCUT2D eigenvalue weighted by molar-refractivity contribution is -0.150. The number of nitrogens with zero attached hydrogens (tertiary/aromatic N) is 4. The van der Waals surface area contributed by atoms with Crippen molar-refractivity contribution in [2.45, 2.75) is 18.2 Å². The van der Waals surface area contributed by atoms with Crippen LogP contribution in [0.1, 0.15) is 12.1 Å². The van der Waals surface area contributed by atoms with E-state index in [9.17, 15) is 14.4 Å². The Morgan fingerprint density at radius 1 is 1.21 bits per heavy atom. The van der Waals surface area contributed by atoms with E-state index in [2.05, 4.69) is 25.6 Å². The minimum absolute atomic E-state index is 0.0827. The molecule has 1 aromatic heterocycles. The van der Waals surface area contributed by atoms with Crippen molar-refractivity contribution < 1.29 is 19.1 Å². The number of amidine groups is 1. The SMILES string of the molecule is COC(=O)C[C@]1(C(=O)OC)SC(=Nc2ccccc2)NN1c1nnc(C)c(=O)[nH]1. The molecule has 0 saturated carbocycles. The fraction of sp³-hybridized carbons (Fsp3) is 0.294. The number of hydrogen-bond donors (Lipinski definition) is 2. The van der Waals surface area contributed by atoms with Crippen LogP contribution in [0, 0.1) is 6.92 Å². The number of H-pyrrole nitrogens is 1. The van der Waals surface area contributed by atoms with E-state index in [0.29, 0.717) is 5.69 Å². The molecule has 2 aromatic rings. The number of hydrazine groups is 1. The number of carbonyl (C=O) groups is 2. The van der Waals surface area contributed by atoms with Crippen LogP contribution in [-0.4, -0.2) is 51.4 Å². The lowest BCUT2D eigenvalue weighted by Gasteiger charge is -2.31. The van der Waals surface area contributed by atoms with Crippen molar-refractivity contribution in [3.63, 3.8) is 0 Å². The van der Waals surface area contributed by atoms with Crippen LogP contribution in [0.2, 0.25) is 0 Å². The molecule has 152 valence electrons. The lowest BCUT2D eigenvalue weighted by Crippen LogP contribution is -2.55. The molecule has 0 unspecified atom stereocenters. The van der Waals surface area contributed by atoms with Crippen molar-refractivity contribution in [1.82, 2.24) is 20.6 Å². The summed E-state index contributed by atoms with van der Waals surface area (Å²) in [4.78, 5) is 42.3. The second kappa shape index (κ2) is 8.31. The summed E-state index contributed by atoms with van der Waals surface area (Å²) < 4.78 is 9.69. The van der Waals surface area contributed by atoms with Crippen LogP contribution < -0.4 is 16.0 Å². The van der Waals surface area contributed by atoms with Crippen molar-refractivity contribution in [1.29, 1.82) is 0 Å². The Morgan fingerprint density at radius 3 is 2.55 bits per heavy atom. The number of aromatic nitrogens is 3. The van der Waals surface area contributed by atoms with E-state index in [1.54, 1.807) is 12.1 Å². The van der Waals surface area contributed by atoms with Crippen molar-refractivity contribution in [3.05, 3.63) is 46.4 Å². The third kappa shape index (κ3) is 4.06. The number of thioether (sulfide) groups is 1. The fourth-order valence-electron chi connectivity index (χ4n) is 2.54. The van der Waals surface area contributed by atoms with Crippen molar-refractivity contribution >= 4 is 40.5 Å². The third-order valence-electron chi connectivity index (χ3n) is 4.00. The Hall–Kier alpha value is -3.41. The number of rotatable bonds is 5. The number of para-hydroxylation sites is 1. The number of carbonyl (C=O) groups excluding carboxylic acids is 2. The zero-order valence-electron chi connectivity index (χ0n) is 15.8. The number of aliphatic imine (C=N–C) groups is 1. The Balaban J connectivity index is 2.12. The summed E-state index contributed by atoms with van der Waals surface area (Å²) in [6, 6.07) is 8.99. The maximum atomic E-state index is 12.8. The van der Waals surface area contributed by atoms with Gasteiger partial charge < -0.3 is 9.47 Å². The molecule has 12 heteroatoms. The smallest absolute Gasteiger partial charge is 0.345 e. The van der Waals surface area contributed by atoms with Crippen LogP contribution in [0.3, 0.4) is 0 Å². The van der Waals surface area contributed by atoms with Gasteiger partial charge >= 0.3 is 11.9 Å². The molecule has 11 nitrogen and oxygen atoms in total. The number of aryl methyl sites for hydroxylation is 1. The Kier molecular flexibility index (Phi) is 5.82. The van der Waals surface area contributed by atoms with Gasteiger partial charge in [-0.15, -0.1) is 10.2 Å². The monoisotopic (exact) mass is 418 g/mol. The first-order valence-corrected chi connectivity index (χ1v) is 9.19. The van der Waals surface area contributed by atoms with Gasteiger partial charge in [0, 0.05) is 0 Å². The highest BCUT2D eigenvalue weighted by Crippen LogP contribution is 2.41. The molecule has 1 aliphatic heterocycles. The second-order valence-corrected chi connectivity index (χ2v) is 7.16. The zero-order chi connectivity index (χ0) is 21.0. The first kappa shape index (κ1) is 20.3. The molecule has 1 saturated heterocycles. The molecule has 0 aliphatic carbocycles. The van der Waals surface area contributed by atoms with Crippen molar-refractivity contribution in [2.24, 2.45) is 4.99 Å². The summed E-state index contributed by atoms with van der Waals surface area (Å²) in [5, 5.41) is 9.22. The molecule has 0 radical (unpaired) electrons. The number of nitrogens with one attached hydrogen (secondary N) is 2. The molecule has 1 fully saturated rings. The minimum atomic E-state index is -1.66. The average Bonchev–Trinajstić information content (AvgIpc) is 3.08. The summed E-state index contributed by atoms with van der Waals surface area (Å²) in [6.45, 7) is 1.49. The van der Waals surface area contributed by atoms with E-state index in [4.69, 9.17) is 9.47 Å². The molecular formula is C17H18N6O5S. The summed E-state index contributed by atoms with van der Waals surface area (Å²) in [5.74, 6) is -1.51. The van der Waals surface area contributed by atoms with E-state index in [0.717, 1.165) is 11.8 Å². The largest absolute Gasteiger partial charge is 0.469 e. The van der Waals surface area contributed by atoms with Crippen LogP contribution in [-0.2, 0) is 19.1 Å². The number of methoxy groups -OCH3 is 2. The summed E-state index contributed by atoms with van der Waals surface area (Å²) in [5.41, 5.74) is 3.17. The predicted molar refractivity (Wildman–Crippen MR) is 106 cm³/mol. The van der Waals surface area contributed by atoms with Gasteiger partial charge in [0.05, 0.1) is 26.3 Å². The van der Waals surface area contributed by atoms with E-state index in [-0.39, 0.29) is 16.8 Å². The normalized spacial score (nSPS) is 19.7. The number of aromatic amines is 1. The second-order valence-electron chi connectivity index (χ2n) is 5.89. The number of hydrogen-bond acceptors (Lipinski definition) is 10. The first-order chi connectivity index (χ1) is 13.9. The summed E-state index contributed by atoms with van der Waals surface area (Å²) in [6.07, 6.45) is -0.404. The van der Waals surface area contributed by atoms with E-state index < -0.39 is 28.8 Å². The molecule has 0 amide bonds. The molecule has 29 heavy (non-hydrogen) atoms. The molecule has 3 rings (SSSR count). The number of esters is 2. The van der Waals surface area contributed by atoms with Gasteiger partial charge in [0.1, 0.15) is 5.69 Å². The predicted octanol–water partition coefficient (Wildman–Crippen LogP) is 0.651. The molecule has 0 spiro atoms. The van der Waals surface area contributed by atoms with Crippen molar-refractivity contribution in [2.75, 3.05) is 19.2 Å². The minimum Gasteiger partial charge on any atom is -0.469 e. The molecule has 2 N–H and O–H groups in total. The number of benzene rings is 1. The quantitative estimate of drug-likeness (QED) is 0.665. The van der Waals surface area contributed by atoms with Gasteiger partial charge in [0.15, 0.2) is 5.17 Å². The molecule has 1 atom stereocenters. The molecular weight excluding hydrogens is 400 g/mol. The van der Waals surface area contributed by atoms with Crippen LogP contribution in [0.4, 0.5) is 11.6 Å². The van der Waals surface area contributed by atoms with Gasteiger partial charge in [-0.3, -0.25) is 20.0 Å². The number of anilines is 1. The molecule has 2 heterocycles. The van der Waals surface area contributed by atoms with Crippen molar-refractivity contribution in [3.8, 4) is 0 Å².